The third kappa shape index (κ3) is 4.30. The Balaban J connectivity index is 5.41. The van der Waals surface area contributed by atoms with Crippen molar-refractivity contribution < 1.29 is 22.7 Å². The quantitative estimate of drug-likeness (QED) is 0.320. The van der Waals surface area contributed by atoms with E-state index in [4.69, 9.17) is 5.53 Å². The monoisotopic (exact) mass is 295 g/mol. The SMILES string of the molecule is COC(=O)C(CC(N=[N+]=[N-])C(C)(C)C(F)(F)F)C(C)C. The van der Waals surface area contributed by atoms with E-state index in [0.29, 0.717) is 0 Å². The minimum Gasteiger partial charge on any atom is -0.469 e. The van der Waals surface area contributed by atoms with Crippen molar-refractivity contribution >= 4 is 5.97 Å². The van der Waals surface area contributed by atoms with Crippen molar-refractivity contribution in [2.24, 2.45) is 22.4 Å². The molecule has 0 aromatic rings. The summed E-state index contributed by atoms with van der Waals surface area (Å²) in [4.78, 5) is 14.1. The van der Waals surface area contributed by atoms with E-state index in [1.165, 1.54) is 7.11 Å². The molecule has 0 saturated heterocycles. The molecule has 0 amide bonds. The van der Waals surface area contributed by atoms with Gasteiger partial charge in [0.05, 0.1) is 24.5 Å². The smallest absolute Gasteiger partial charge is 0.394 e. The molecular weight excluding hydrogens is 275 g/mol. The molecule has 0 saturated carbocycles. The van der Waals surface area contributed by atoms with Gasteiger partial charge in [-0.2, -0.15) is 13.2 Å². The number of ether oxygens (including phenoxy) is 1. The lowest BCUT2D eigenvalue weighted by Gasteiger charge is -2.35. The van der Waals surface area contributed by atoms with Crippen molar-refractivity contribution in [1.29, 1.82) is 0 Å². The Kier molecular flexibility index (Phi) is 6.34. The lowest BCUT2D eigenvalue weighted by Crippen LogP contribution is -2.43. The van der Waals surface area contributed by atoms with Gasteiger partial charge >= 0.3 is 12.1 Å². The number of azide groups is 1. The maximum atomic E-state index is 13.0. The molecule has 0 rings (SSSR count). The summed E-state index contributed by atoms with van der Waals surface area (Å²) in [6.07, 6.45) is -4.75. The van der Waals surface area contributed by atoms with Crippen LogP contribution in [0.15, 0.2) is 5.11 Å². The standard InChI is InChI=1S/C12H20F3N3O2/c1-7(2)8(10(19)20-5)6-9(17-18-16)11(3,4)12(13,14)15/h7-9H,6H2,1-5H3. The molecule has 0 spiro atoms. The molecule has 0 aromatic heterocycles. The van der Waals surface area contributed by atoms with E-state index in [1.807, 2.05) is 0 Å². The number of carbonyl (C=O) groups is 1. The summed E-state index contributed by atoms with van der Waals surface area (Å²) in [5.41, 5.74) is 6.27. The topological polar surface area (TPSA) is 75.1 Å². The molecule has 0 fully saturated rings. The number of esters is 1. The Morgan fingerprint density at radius 2 is 1.85 bits per heavy atom. The number of methoxy groups -OCH3 is 1. The third-order valence-electron chi connectivity index (χ3n) is 3.54. The summed E-state index contributed by atoms with van der Waals surface area (Å²) in [7, 11) is 1.18. The molecule has 5 nitrogen and oxygen atoms in total. The maximum Gasteiger partial charge on any atom is 0.394 e. The largest absolute Gasteiger partial charge is 0.469 e. The van der Waals surface area contributed by atoms with E-state index >= 15 is 0 Å². The highest BCUT2D eigenvalue weighted by Crippen LogP contribution is 2.44. The van der Waals surface area contributed by atoms with E-state index in [9.17, 15) is 18.0 Å². The molecular formula is C12H20F3N3O2. The summed E-state index contributed by atoms with van der Waals surface area (Å²) >= 11 is 0. The Bertz CT molecular complexity index is 388. The van der Waals surface area contributed by atoms with Crippen molar-refractivity contribution in [2.75, 3.05) is 7.11 Å². The molecule has 0 heterocycles. The average molecular weight is 295 g/mol. The van der Waals surface area contributed by atoms with Crippen LogP contribution in [0.3, 0.4) is 0 Å². The molecule has 0 bridgehead atoms. The number of alkyl halides is 3. The Morgan fingerprint density at radius 3 is 2.15 bits per heavy atom. The van der Waals surface area contributed by atoms with Crippen LogP contribution in [0.5, 0.6) is 0 Å². The molecule has 8 heteroatoms. The van der Waals surface area contributed by atoms with Crippen LogP contribution in [0.1, 0.15) is 34.1 Å². The summed E-state index contributed by atoms with van der Waals surface area (Å²) in [6, 6.07) is -1.38. The van der Waals surface area contributed by atoms with Crippen molar-refractivity contribution in [1.82, 2.24) is 0 Å². The lowest BCUT2D eigenvalue weighted by atomic mass is 9.77. The first kappa shape index (κ1) is 18.6. The van der Waals surface area contributed by atoms with Gasteiger partial charge in [0.2, 0.25) is 0 Å². The van der Waals surface area contributed by atoms with Crippen molar-refractivity contribution in [3.8, 4) is 0 Å². The fourth-order valence-corrected chi connectivity index (χ4v) is 1.77. The minimum atomic E-state index is -4.54. The molecule has 0 aromatic carbocycles. The number of halogens is 3. The first-order valence-electron chi connectivity index (χ1n) is 6.17. The van der Waals surface area contributed by atoms with Crippen LogP contribution in [0, 0.1) is 17.3 Å². The zero-order valence-corrected chi connectivity index (χ0v) is 12.2. The van der Waals surface area contributed by atoms with E-state index in [2.05, 4.69) is 14.8 Å². The summed E-state index contributed by atoms with van der Waals surface area (Å²) in [5, 5.41) is 3.25. The number of nitrogens with zero attached hydrogens (tertiary/aromatic N) is 3. The van der Waals surface area contributed by atoms with Gasteiger partial charge in [-0.15, -0.1) is 0 Å². The Hall–Kier alpha value is -1.43. The fourth-order valence-electron chi connectivity index (χ4n) is 1.77. The van der Waals surface area contributed by atoms with E-state index in [-0.39, 0.29) is 12.3 Å². The third-order valence-corrected chi connectivity index (χ3v) is 3.54. The molecule has 116 valence electrons. The van der Waals surface area contributed by atoms with Crippen LogP contribution in [0.2, 0.25) is 0 Å². The molecule has 0 aliphatic rings. The van der Waals surface area contributed by atoms with E-state index in [1.54, 1.807) is 13.8 Å². The van der Waals surface area contributed by atoms with Gasteiger partial charge in [0.25, 0.3) is 0 Å². The fraction of sp³-hybridized carbons (Fsp3) is 0.917. The molecule has 2 atom stereocenters. The molecule has 0 N–H and O–H groups in total. The summed E-state index contributed by atoms with van der Waals surface area (Å²) < 4.78 is 43.7. The minimum absolute atomic E-state index is 0.207. The van der Waals surface area contributed by atoms with Gasteiger partial charge in [-0.25, -0.2) is 0 Å². The van der Waals surface area contributed by atoms with Gasteiger partial charge < -0.3 is 4.74 Å². The number of carbonyl (C=O) groups excluding carboxylic acids is 1. The lowest BCUT2D eigenvalue weighted by molar-refractivity contribution is -0.220. The van der Waals surface area contributed by atoms with Gasteiger partial charge in [-0.05, 0) is 17.9 Å². The Morgan fingerprint density at radius 1 is 1.35 bits per heavy atom. The van der Waals surface area contributed by atoms with Crippen LogP contribution >= 0.6 is 0 Å². The second-order valence-corrected chi connectivity index (χ2v) is 5.55. The Labute approximate surface area is 116 Å². The van der Waals surface area contributed by atoms with Crippen molar-refractivity contribution in [3.63, 3.8) is 0 Å². The second kappa shape index (κ2) is 6.83. The highest BCUT2D eigenvalue weighted by molar-refractivity contribution is 5.72. The summed E-state index contributed by atoms with van der Waals surface area (Å²) in [6.45, 7) is 5.33. The van der Waals surface area contributed by atoms with Crippen LogP contribution in [-0.2, 0) is 9.53 Å². The van der Waals surface area contributed by atoms with Crippen LogP contribution < -0.4 is 0 Å². The number of rotatable bonds is 6. The first-order valence-corrected chi connectivity index (χ1v) is 6.17. The van der Waals surface area contributed by atoms with Crippen molar-refractivity contribution in [3.05, 3.63) is 10.4 Å². The van der Waals surface area contributed by atoms with Gasteiger partial charge in [-0.3, -0.25) is 4.79 Å². The van der Waals surface area contributed by atoms with Gasteiger partial charge in [-0.1, -0.05) is 32.8 Å². The second-order valence-electron chi connectivity index (χ2n) is 5.55. The summed E-state index contributed by atoms with van der Waals surface area (Å²) in [5.74, 6) is -1.57. The molecule has 2 unspecified atom stereocenters. The first-order chi connectivity index (χ1) is 8.98. The van der Waals surface area contributed by atoms with Gasteiger partial charge in [0.15, 0.2) is 0 Å². The van der Waals surface area contributed by atoms with Crippen molar-refractivity contribution in [2.45, 2.75) is 46.3 Å². The molecule has 0 aliphatic carbocycles. The van der Waals surface area contributed by atoms with Crippen LogP contribution in [0.4, 0.5) is 13.2 Å². The molecule has 20 heavy (non-hydrogen) atoms. The number of hydrogen-bond donors (Lipinski definition) is 0. The zero-order valence-electron chi connectivity index (χ0n) is 12.2. The van der Waals surface area contributed by atoms with Crippen LogP contribution in [-0.4, -0.2) is 25.3 Å². The maximum absolute atomic E-state index is 13.0. The predicted octanol–water partition coefficient (Wildman–Crippen LogP) is 4.09. The normalized spacial score (nSPS) is 15.4. The van der Waals surface area contributed by atoms with E-state index in [0.717, 1.165) is 13.8 Å². The zero-order chi connectivity index (χ0) is 16.1. The highest BCUT2D eigenvalue weighted by Gasteiger charge is 2.52. The van der Waals surface area contributed by atoms with Gasteiger partial charge in [0.1, 0.15) is 0 Å². The molecule has 0 radical (unpaired) electrons. The predicted molar refractivity (Wildman–Crippen MR) is 67.7 cm³/mol. The van der Waals surface area contributed by atoms with E-state index < -0.39 is 29.5 Å². The number of hydrogen-bond acceptors (Lipinski definition) is 3. The average Bonchev–Trinajstić information content (AvgIpc) is 2.31. The molecule has 0 aliphatic heterocycles. The van der Waals surface area contributed by atoms with Crippen LogP contribution in [0.25, 0.3) is 10.4 Å². The highest BCUT2D eigenvalue weighted by atomic mass is 19.4. The van der Waals surface area contributed by atoms with Gasteiger partial charge in [0, 0.05) is 4.91 Å².